The van der Waals surface area contributed by atoms with E-state index in [0.29, 0.717) is 24.6 Å². The first-order valence-corrected chi connectivity index (χ1v) is 10.4. The lowest BCUT2D eigenvalue weighted by Crippen LogP contribution is -2.52. The Kier molecular flexibility index (Phi) is 4.21. The minimum Gasteiger partial charge on any atom is -0.472 e. The van der Waals surface area contributed by atoms with Crippen molar-refractivity contribution in [1.82, 2.24) is 24.6 Å². The van der Waals surface area contributed by atoms with Crippen LogP contribution >= 0.6 is 0 Å². The van der Waals surface area contributed by atoms with E-state index in [1.54, 1.807) is 6.20 Å². The molecule has 30 heavy (non-hydrogen) atoms. The Morgan fingerprint density at radius 1 is 1.13 bits per heavy atom. The molecular weight excluding hydrogens is 380 g/mol. The zero-order chi connectivity index (χ0) is 20.1. The maximum atomic E-state index is 5.75. The molecule has 0 N–H and O–H groups in total. The first kappa shape index (κ1) is 17.9. The zero-order valence-corrected chi connectivity index (χ0v) is 16.9. The topological polar surface area (TPSA) is 68.5 Å². The second-order valence-corrected chi connectivity index (χ2v) is 8.21. The lowest BCUT2D eigenvalue weighted by molar-refractivity contribution is -0.0667. The van der Waals surface area contributed by atoms with Gasteiger partial charge in [-0.2, -0.15) is 5.10 Å². The lowest BCUT2D eigenvalue weighted by Gasteiger charge is -2.38. The molecule has 2 saturated heterocycles. The summed E-state index contributed by atoms with van der Waals surface area (Å²) in [5, 5.41) is 4.78. The van der Waals surface area contributed by atoms with Crippen LogP contribution in [0.25, 0.3) is 16.9 Å². The van der Waals surface area contributed by atoms with Crippen LogP contribution in [-0.4, -0.2) is 70.1 Å². The van der Waals surface area contributed by atoms with Crippen molar-refractivity contribution in [2.24, 2.45) is 0 Å². The third-order valence-corrected chi connectivity index (χ3v) is 6.44. The van der Waals surface area contributed by atoms with E-state index in [1.165, 1.54) is 0 Å². The monoisotopic (exact) mass is 404 g/mol. The number of nitrogens with zero attached hydrogens (tertiary/aromatic N) is 6. The van der Waals surface area contributed by atoms with Gasteiger partial charge in [0.1, 0.15) is 18.1 Å². The van der Waals surface area contributed by atoms with Gasteiger partial charge in [-0.1, -0.05) is 0 Å². The van der Waals surface area contributed by atoms with Gasteiger partial charge in [-0.3, -0.25) is 4.90 Å². The molecule has 3 aliphatic rings. The first-order chi connectivity index (χ1) is 14.8. The van der Waals surface area contributed by atoms with E-state index in [-0.39, 0.29) is 0 Å². The molecule has 3 aliphatic heterocycles. The number of rotatable bonds is 4. The highest BCUT2D eigenvalue weighted by molar-refractivity contribution is 5.69. The standard InChI is InChI=1S/C22H24N6O2/c1-26(18-13-29-14-18)17-6-8-27(11-17)20-5-4-16(9-24-20)28-10-15-12-30-22-19(21(15)25-28)3-2-7-23-22/h2-5,7,9-10,17-18H,6,8,11-14H2,1H3/t17-/m0/s1. The van der Waals surface area contributed by atoms with Crippen molar-refractivity contribution in [2.45, 2.75) is 25.1 Å². The smallest absolute Gasteiger partial charge is 0.223 e. The number of pyridine rings is 2. The number of hydrogen-bond acceptors (Lipinski definition) is 7. The Labute approximate surface area is 175 Å². The van der Waals surface area contributed by atoms with Crippen LogP contribution in [0.2, 0.25) is 0 Å². The largest absolute Gasteiger partial charge is 0.472 e. The minimum atomic E-state index is 0.486. The van der Waals surface area contributed by atoms with Gasteiger partial charge in [0.15, 0.2) is 0 Å². The molecular formula is C22H24N6O2. The molecule has 154 valence electrons. The summed E-state index contributed by atoms with van der Waals surface area (Å²) in [6.45, 7) is 4.25. The molecule has 8 heteroatoms. The first-order valence-electron chi connectivity index (χ1n) is 10.4. The number of fused-ring (bicyclic) bond motifs is 3. The Morgan fingerprint density at radius 3 is 2.87 bits per heavy atom. The maximum absolute atomic E-state index is 5.75. The highest BCUT2D eigenvalue weighted by Crippen LogP contribution is 2.35. The van der Waals surface area contributed by atoms with Crippen molar-refractivity contribution < 1.29 is 9.47 Å². The number of hydrogen-bond donors (Lipinski definition) is 0. The molecule has 0 amide bonds. The van der Waals surface area contributed by atoms with Crippen LogP contribution in [0.5, 0.6) is 5.88 Å². The molecule has 0 spiro atoms. The quantitative estimate of drug-likeness (QED) is 0.660. The third kappa shape index (κ3) is 2.95. The van der Waals surface area contributed by atoms with Gasteiger partial charge in [0.05, 0.1) is 36.7 Å². The van der Waals surface area contributed by atoms with Crippen molar-refractivity contribution in [1.29, 1.82) is 0 Å². The molecule has 3 aromatic heterocycles. The van der Waals surface area contributed by atoms with Crippen molar-refractivity contribution >= 4 is 5.82 Å². The summed E-state index contributed by atoms with van der Waals surface area (Å²) >= 11 is 0. The SMILES string of the molecule is CN(C1COC1)[C@H]1CCN(c2ccc(-n3cc4c(n3)-c3cccnc3OC4)cn2)C1. The maximum Gasteiger partial charge on any atom is 0.223 e. The van der Waals surface area contributed by atoms with Gasteiger partial charge < -0.3 is 14.4 Å². The van der Waals surface area contributed by atoms with E-state index in [0.717, 1.165) is 61.1 Å². The molecule has 0 radical (unpaired) electrons. The third-order valence-electron chi connectivity index (χ3n) is 6.44. The second-order valence-electron chi connectivity index (χ2n) is 8.21. The predicted octanol–water partition coefficient (Wildman–Crippen LogP) is 2.13. The van der Waals surface area contributed by atoms with E-state index in [4.69, 9.17) is 19.6 Å². The van der Waals surface area contributed by atoms with Crippen molar-refractivity contribution in [3.8, 4) is 22.8 Å². The summed E-state index contributed by atoms with van der Waals surface area (Å²) in [5.74, 6) is 1.67. The van der Waals surface area contributed by atoms with E-state index < -0.39 is 0 Å². The zero-order valence-electron chi connectivity index (χ0n) is 16.9. The van der Waals surface area contributed by atoms with Crippen molar-refractivity contribution in [2.75, 3.05) is 38.3 Å². The molecule has 0 aromatic carbocycles. The van der Waals surface area contributed by atoms with Crippen LogP contribution in [0, 0.1) is 0 Å². The fourth-order valence-corrected chi connectivity index (χ4v) is 4.45. The van der Waals surface area contributed by atoms with Gasteiger partial charge in [-0.05, 0) is 37.7 Å². The minimum absolute atomic E-state index is 0.486. The highest BCUT2D eigenvalue weighted by atomic mass is 16.5. The van der Waals surface area contributed by atoms with E-state index in [9.17, 15) is 0 Å². The fraction of sp³-hybridized carbons (Fsp3) is 0.409. The van der Waals surface area contributed by atoms with E-state index >= 15 is 0 Å². The van der Waals surface area contributed by atoms with Gasteiger partial charge in [0, 0.05) is 37.1 Å². The van der Waals surface area contributed by atoms with Crippen LogP contribution in [0.3, 0.4) is 0 Å². The highest BCUT2D eigenvalue weighted by Gasteiger charge is 2.33. The van der Waals surface area contributed by atoms with Crippen LogP contribution in [0.15, 0.2) is 42.9 Å². The van der Waals surface area contributed by atoms with Crippen LogP contribution in [-0.2, 0) is 11.3 Å². The molecule has 6 rings (SSSR count). The molecule has 2 fully saturated rings. The molecule has 6 heterocycles. The number of aromatic nitrogens is 4. The van der Waals surface area contributed by atoms with Crippen LogP contribution in [0.4, 0.5) is 5.82 Å². The van der Waals surface area contributed by atoms with Gasteiger partial charge in [-0.15, -0.1) is 0 Å². The van der Waals surface area contributed by atoms with Gasteiger partial charge >= 0.3 is 0 Å². The lowest BCUT2D eigenvalue weighted by atomic mass is 10.1. The number of anilines is 1. The summed E-state index contributed by atoms with van der Waals surface area (Å²) < 4.78 is 13.0. The summed E-state index contributed by atoms with van der Waals surface area (Å²) in [5.41, 5.74) is 3.87. The Morgan fingerprint density at radius 2 is 2.07 bits per heavy atom. The molecule has 1 atom stereocenters. The van der Waals surface area contributed by atoms with E-state index in [1.807, 2.05) is 29.2 Å². The average molecular weight is 404 g/mol. The molecule has 0 bridgehead atoms. The molecule has 8 nitrogen and oxygen atoms in total. The molecule has 0 unspecified atom stereocenters. The van der Waals surface area contributed by atoms with E-state index in [2.05, 4.69) is 34.0 Å². The Balaban J connectivity index is 1.20. The summed E-state index contributed by atoms with van der Waals surface area (Å²) in [6, 6.07) is 9.22. The average Bonchev–Trinajstić information content (AvgIpc) is 3.40. The second kappa shape index (κ2) is 7.07. The Bertz CT molecular complexity index is 1060. The Hall–Kier alpha value is -2.97. The predicted molar refractivity (Wildman–Crippen MR) is 112 cm³/mol. The van der Waals surface area contributed by atoms with Crippen molar-refractivity contribution in [3.63, 3.8) is 0 Å². The molecule has 3 aromatic rings. The number of likely N-dealkylation sites (N-methyl/N-ethyl adjacent to an activating group) is 1. The van der Waals surface area contributed by atoms with Crippen molar-refractivity contribution in [3.05, 3.63) is 48.4 Å². The van der Waals surface area contributed by atoms with Gasteiger partial charge in [0.2, 0.25) is 5.88 Å². The van der Waals surface area contributed by atoms with Crippen LogP contribution < -0.4 is 9.64 Å². The summed E-state index contributed by atoms with van der Waals surface area (Å²) in [7, 11) is 2.22. The van der Waals surface area contributed by atoms with Crippen LogP contribution in [0.1, 0.15) is 12.0 Å². The molecule has 0 saturated carbocycles. The van der Waals surface area contributed by atoms with Gasteiger partial charge in [-0.25, -0.2) is 14.6 Å². The normalized spacial score (nSPS) is 20.6. The molecule has 0 aliphatic carbocycles. The summed E-state index contributed by atoms with van der Waals surface area (Å²) in [6.07, 6.45) is 6.82. The summed E-state index contributed by atoms with van der Waals surface area (Å²) in [4.78, 5) is 13.9. The fourth-order valence-electron chi connectivity index (χ4n) is 4.45. The van der Waals surface area contributed by atoms with Gasteiger partial charge in [0.25, 0.3) is 0 Å². The number of ether oxygens (including phenoxy) is 2.